The molecule has 0 amide bonds. The highest BCUT2D eigenvalue weighted by Gasteiger charge is 2.20. The Kier molecular flexibility index (Phi) is 2.03. The summed E-state index contributed by atoms with van der Waals surface area (Å²) in [5.74, 6) is 0. The van der Waals surface area contributed by atoms with Gasteiger partial charge in [0.15, 0.2) is 0 Å². The fraction of sp³-hybridized carbons (Fsp3) is 0.833. The fourth-order valence-corrected chi connectivity index (χ4v) is 0.987. The van der Waals surface area contributed by atoms with Crippen molar-refractivity contribution in [3.05, 3.63) is 0 Å². The third kappa shape index (κ3) is 1.20. The zero-order chi connectivity index (χ0) is 6.69. The van der Waals surface area contributed by atoms with E-state index in [2.05, 4.69) is 10.3 Å². The van der Waals surface area contributed by atoms with Gasteiger partial charge in [0, 0.05) is 0 Å². The molecule has 1 aliphatic rings. The smallest absolute Gasteiger partial charge is 0.112 e. The Morgan fingerprint density at radius 1 is 1.78 bits per heavy atom. The second-order valence-electron chi connectivity index (χ2n) is 2.18. The average molecular weight is 130 g/mol. The summed E-state index contributed by atoms with van der Waals surface area (Å²) in [6.07, 6.45) is 2.51. The predicted octanol–water partition coefficient (Wildman–Crippen LogP) is 0.735. The molecule has 1 heterocycles. The van der Waals surface area contributed by atoms with Gasteiger partial charge < -0.3 is 5.32 Å². The zero-order valence-electron chi connectivity index (χ0n) is 5.47. The van der Waals surface area contributed by atoms with Gasteiger partial charge in [-0.1, -0.05) is 6.92 Å². The van der Waals surface area contributed by atoms with Gasteiger partial charge in [-0.15, -0.1) is 0 Å². The molecule has 1 N–H and O–H groups in total. The first kappa shape index (κ1) is 6.52. The molecular weight excluding hydrogens is 119 g/mol. The standard InChI is InChI=1S/C6H11FN2/c1-2-5-6(3-7)9-4-8-5/h4-6H,2-3H2,1H3,(H,8,9). The van der Waals surface area contributed by atoms with Crippen LogP contribution < -0.4 is 5.32 Å². The van der Waals surface area contributed by atoms with E-state index in [1.165, 1.54) is 0 Å². The van der Waals surface area contributed by atoms with Crippen molar-refractivity contribution in [1.29, 1.82) is 0 Å². The molecule has 1 aliphatic heterocycles. The number of hydrogen-bond acceptors (Lipinski definition) is 2. The maximum Gasteiger partial charge on any atom is 0.112 e. The van der Waals surface area contributed by atoms with Gasteiger partial charge in [0.25, 0.3) is 0 Å². The lowest BCUT2D eigenvalue weighted by Crippen LogP contribution is -2.33. The Hall–Kier alpha value is -0.600. The van der Waals surface area contributed by atoms with E-state index in [-0.39, 0.29) is 18.8 Å². The number of alkyl halides is 1. The number of nitrogens with one attached hydrogen (secondary N) is 1. The van der Waals surface area contributed by atoms with Crippen molar-refractivity contribution in [3.63, 3.8) is 0 Å². The molecule has 0 aromatic rings. The van der Waals surface area contributed by atoms with Crippen molar-refractivity contribution < 1.29 is 4.39 Å². The van der Waals surface area contributed by atoms with Gasteiger partial charge in [-0.25, -0.2) is 4.39 Å². The van der Waals surface area contributed by atoms with E-state index in [1.54, 1.807) is 6.34 Å². The Labute approximate surface area is 54.2 Å². The Bertz CT molecular complexity index is 114. The third-order valence-corrected chi connectivity index (χ3v) is 1.60. The first-order valence-electron chi connectivity index (χ1n) is 3.22. The fourth-order valence-electron chi connectivity index (χ4n) is 0.987. The third-order valence-electron chi connectivity index (χ3n) is 1.60. The minimum Gasteiger partial charge on any atom is -0.369 e. The summed E-state index contributed by atoms with van der Waals surface area (Å²) in [5.41, 5.74) is 0. The maximum absolute atomic E-state index is 12.0. The van der Waals surface area contributed by atoms with E-state index in [4.69, 9.17) is 0 Å². The van der Waals surface area contributed by atoms with Crippen LogP contribution in [0.15, 0.2) is 4.99 Å². The Morgan fingerprint density at radius 3 is 3.00 bits per heavy atom. The van der Waals surface area contributed by atoms with Crippen LogP contribution in [0.1, 0.15) is 13.3 Å². The van der Waals surface area contributed by atoms with E-state index in [0.29, 0.717) is 0 Å². The molecule has 0 aromatic heterocycles. The van der Waals surface area contributed by atoms with Crippen molar-refractivity contribution in [2.24, 2.45) is 4.99 Å². The second kappa shape index (κ2) is 2.80. The normalized spacial score (nSPS) is 32.7. The molecule has 2 atom stereocenters. The Balaban J connectivity index is 2.39. The minimum atomic E-state index is -0.321. The Morgan fingerprint density at radius 2 is 2.56 bits per heavy atom. The molecule has 0 radical (unpaired) electrons. The van der Waals surface area contributed by atoms with Crippen LogP contribution in [-0.2, 0) is 0 Å². The van der Waals surface area contributed by atoms with Crippen LogP contribution in [-0.4, -0.2) is 25.1 Å². The van der Waals surface area contributed by atoms with E-state index < -0.39 is 0 Å². The molecule has 0 bridgehead atoms. The highest BCUT2D eigenvalue weighted by molar-refractivity contribution is 5.58. The van der Waals surface area contributed by atoms with E-state index >= 15 is 0 Å². The van der Waals surface area contributed by atoms with Crippen LogP contribution in [0.5, 0.6) is 0 Å². The molecular formula is C6H11FN2. The van der Waals surface area contributed by atoms with Crippen LogP contribution in [0.25, 0.3) is 0 Å². The molecule has 1 rings (SSSR count). The lowest BCUT2D eigenvalue weighted by Gasteiger charge is -2.11. The van der Waals surface area contributed by atoms with Gasteiger partial charge in [0.1, 0.15) is 6.67 Å². The molecule has 0 saturated heterocycles. The van der Waals surface area contributed by atoms with Crippen LogP contribution in [0.2, 0.25) is 0 Å². The van der Waals surface area contributed by atoms with Crippen molar-refractivity contribution in [2.75, 3.05) is 6.67 Å². The van der Waals surface area contributed by atoms with Crippen molar-refractivity contribution in [3.8, 4) is 0 Å². The van der Waals surface area contributed by atoms with E-state index in [0.717, 1.165) is 6.42 Å². The minimum absolute atomic E-state index is 0.0602. The van der Waals surface area contributed by atoms with Gasteiger partial charge in [-0.2, -0.15) is 0 Å². The number of nitrogens with zero attached hydrogens (tertiary/aromatic N) is 1. The maximum atomic E-state index is 12.0. The molecule has 0 aliphatic carbocycles. The van der Waals surface area contributed by atoms with Gasteiger partial charge in [0.2, 0.25) is 0 Å². The first-order chi connectivity index (χ1) is 4.38. The van der Waals surface area contributed by atoms with Crippen LogP contribution in [0.4, 0.5) is 4.39 Å². The largest absolute Gasteiger partial charge is 0.369 e. The molecule has 9 heavy (non-hydrogen) atoms. The number of halogens is 1. The highest BCUT2D eigenvalue weighted by atomic mass is 19.1. The summed E-state index contributed by atoms with van der Waals surface area (Å²) >= 11 is 0. The zero-order valence-corrected chi connectivity index (χ0v) is 5.47. The molecule has 2 nitrogen and oxygen atoms in total. The van der Waals surface area contributed by atoms with Crippen LogP contribution in [0.3, 0.4) is 0 Å². The predicted molar refractivity (Wildman–Crippen MR) is 35.5 cm³/mol. The van der Waals surface area contributed by atoms with Gasteiger partial charge in [-0.05, 0) is 6.42 Å². The summed E-state index contributed by atoms with van der Waals surface area (Å²) in [7, 11) is 0. The van der Waals surface area contributed by atoms with E-state index in [1.807, 2.05) is 6.92 Å². The summed E-state index contributed by atoms with van der Waals surface area (Å²) < 4.78 is 12.0. The van der Waals surface area contributed by atoms with Crippen molar-refractivity contribution in [2.45, 2.75) is 25.4 Å². The van der Waals surface area contributed by atoms with E-state index in [9.17, 15) is 4.39 Å². The number of aliphatic imine (C=N–C) groups is 1. The molecule has 2 unspecified atom stereocenters. The second-order valence-corrected chi connectivity index (χ2v) is 2.18. The van der Waals surface area contributed by atoms with Crippen molar-refractivity contribution >= 4 is 6.34 Å². The number of hydrogen-bond donors (Lipinski definition) is 1. The molecule has 0 aromatic carbocycles. The van der Waals surface area contributed by atoms with Crippen LogP contribution in [0, 0.1) is 0 Å². The summed E-state index contributed by atoms with van der Waals surface area (Å²) in [6, 6.07) is 0.102. The summed E-state index contributed by atoms with van der Waals surface area (Å²) in [5, 5.41) is 2.84. The highest BCUT2D eigenvalue weighted by Crippen LogP contribution is 2.07. The first-order valence-corrected chi connectivity index (χ1v) is 3.22. The molecule has 0 fully saturated rings. The number of rotatable bonds is 2. The molecule has 3 heteroatoms. The van der Waals surface area contributed by atoms with Crippen molar-refractivity contribution in [1.82, 2.24) is 5.32 Å². The molecule has 52 valence electrons. The van der Waals surface area contributed by atoms with Gasteiger partial charge in [0.05, 0.1) is 18.4 Å². The summed E-state index contributed by atoms with van der Waals surface area (Å²) in [4.78, 5) is 4.03. The lowest BCUT2D eigenvalue weighted by molar-refractivity contribution is 0.376. The SMILES string of the molecule is CCC1N=CNC1CF. The average Bonchev–Trinajstić information content (AvgIpc) is 2.33. The molecule has 0 saturated carbocycles. The topological polar surface area (TPSA) is 24.4 Å². The van der Waals surface area contributed by atoms with Gasteiger partial charge >= 0.3 is 0 Å². The molecule has 0 spiro atoms. The monoisotopic (exact) mass is 130 g/mol. The lowest BCUT2D eigenvalue weighted by atomic mass is 10.1. The van der Waals surface area contributed by atoms with Gasteiger partial charge in [-0.3, -0.25) is 4.99 Å². The quantitative estimate of drug-likeness (QED) is 0.585. The summed E-state index contributed by atoms with van der Waals surface area (Å²) in [6.45, 7) is 1.69. The van der Waals surface area contributed by atoms with Crippen LogP contribution >= 0.6 is 0 Å².